The average Bonchev–Trinajstić information content (AvgIpc) is 3.51. The molecule has 1 atom stereocenters. The van der Waals surface area contributed by atoms with Gasteiger partial charge in [-0.15, -0.1) is 10.2 Å². The van der Waals surface area contributed by atoms with Crippen molar-refractivity contribution in [1.29, 1.82) is 0 Å². The summed E-state index contributed by atoms with van der Waals surface area (Å²) in [6.07, 6.45) is 7.64. The predicted octanol–water partition coefficient (Wildman–Crippen LogP) is 5.66. The van der Waals surface area contributed by atoms with E-state index in [2.05, 4.69) is 38.8 Å². The van der Waals surface area contributed by atoms with Crippen LogP contribution in [0.15, 0.2) is 21.8 Å². The molecule has 1 aromatic carbocycles. The third kappa shape index (κ3) is 5.01. The standard InChI is InChI=1S/C24H33N5O4S/c1-6-10-20-25-23(33-28-20)15(2)34-24-27-26-22(29(24)17-11-8-7-9-12-17)16-13-18(30-3)21(32-5)19(14-16)31-4/h13-15,17H,6-12H2,1-5H3. The highest BCUT2D eigenvalue weighted by Crippen LogP contribution is 2.44. The molecule has 0 amide bonds. The first-order valence-electron chi connectivity index (χ1n) is 11.8. The maximum atomic E-state index is 5.58. The summed E-state index contributed by atoms with van der Waals surface area (Å²) in [4.78, 5) is 4.56. The van der Waals surface area contributed by atoms with Gasteiger partial charge in [-0.05, 0) is 38.3 Å². The van der Waals surface area contributed by atoms with Crippen LogP contribution in [0.1, 0.15) is 75.4 Å². The smallest absolute Gasteiger partial charge is 0.239 e. The molecule has 1 saturated carbocycles. The monoisotopic (exact) mass is 487 g/mol. The first kappa shape index (κ1) is 24.4. The topological polar surface area (TPSA) is 97.3 Å². The van der Waals surface area contributed by atoms with Gasteiger partial charge in [0.2, 0.25) is 11.6 Å². The van der Waals surface area contributed by atoms with Crippen LogP contribution in [0, 0.1) is 0 Å². The molecule has 10 heteroatoms. The van der Waals surface area contributed by atoms with E-state index >= 15 is 0 Å². The number of nitrogens with zero attached hydrogens (tertiary/aromatic N) is 5. The molecule has 0 bridgehead atoms. The van der Waals surface area contributed by atoms with Crippen LogP contribution in [0.2, 0.25) is 0 Å². The molecule has 0 aliphatic heterocycles. The molecule has 1 unspecified atom stereocenters. The van der Waals surface area contributed by atoms with Crippen molar-refractivity contribution in [3.8, 4) is 28.6 Å². The van der Waals surface area contributed by atoms with E-state index in [0.29, 0.717) is 29.2 Å². The van der Waals surface area contributed by atoms with Gasteiger partial charge in [-0.25, -0.2) is 0 Å². The molecule has 184 valence electrons. The van der Waals surface area contributed by atoms with Gasteiger partial charge in [-0.2, -0.15) is 4.98 Å². The average molecular weight is 488 g/mol. The van der Waals surface area contributed by atoms with Gasteiger partial charge in [0.05, 0.1) is 26.6 Å². The van der Waals surface area contributed by atoms with Crippen LogP contribution < -0.4 is 14.2 Å². The number of thioether (sulfide) groups is 1. The van der Waals surface area contributed by atoms with Crippen molar-refractivity contribution in [2.24, 2.45) is 0 Å². The summed E-state index contributed by atoms with van der Waals surface area (Å²) in [5.74, 6) is 3.88. The highest BCUT2D eigenvalue weighted by molar-refractivity contribution is 7.99. The lowest BCUT2D eigenvalue weighted by Crippen LogP contribution is -2.15. The van der Waals surface area contributed by atoms with Crippen molar-refractivity contribution in [1.82, 2.24) is 24.9 Å². The summed E-state index contributed by atoms with van der Waals surface area (Å²) in [7, 11) is 4.84. The maximum Gasteiger partial charge on any atom is 0.239 e. The van der Waals surface area contributed by atoms with Gasteiger partial charge in [0, 0.05) is 18.0 Å². The van der Waals surface area contributed by atoms with Gasteiger partial charge in [-0.3, -0.25) is 4.57 Å². The SMILES string of the molecule is CCCc1noc(C(C)Sc2nnc(-c3cc(OC)c(OC)c(OC)c3)n2C2CCCCC2)n1. The minimum Gasteiger partial charge on any atom is -0.493 e. The van der Waals surface area contributed by atoms with Crippen LogP contribution in [0.5, 0.6) is 17.2 Å². The quantitative estimate of drug-likeness (QED) is 0.335. The Hall–Kier alpha value is -2.75. The molecule has 1 aliphatic rings. The fraction of sp³-hybridized carbons (Fsp3) is 0.583. The molecule has 34 heavy (non-hydrogen) atoms. The lowest BCUT2D eigenvalue weighted by molar-refractivity contribution is 0.324. The Kier molecular flexibility index (Phi) is 7.97. The van der Waals surface area contributed by atoms with Crippen LogP contribution in [0.4, 0.5) is 0 Å². The zero-order valence-corrected chi connectivity index (χ0v) is 21.4. The van der Waals surface area contributed by atoms with E-state index < -0.39 is 0 Å². The lowest BCUT2D eigenvalue weighted by atomic mass is 9.95. The number of methoxy groups -OCH3 is 3. The maximum absolute atomic E-state index is 5.58. The zero-order valence-electron chi connectivity index (χ0n) is 20.5. The fourth-order valence-corrected chi connectivity index (χ4v) is 5.35. The molecule has 3 aromatic rings. The molecule has 1 fully saturated rings. The number of hydrogen-bond acceptors (Lipinski definition) is 9. The summed E-state index contributed by atoms with van der Waals surface area (Å²) in [6, 6.07) is 4.18. The van der Waals surface area contributed by atoms with Gasteiger partial charge in [0.25, 0.3) is 0 Å². The van der Waals surface area contributed by atoms with E-state index in [1.807, 2.05) is 12.1 Å². The minimum atomic E-state index is -0.0440. The number of aryl methyl sites for hydroxylation is 1. The molecule has 2 heterocycles. The Morgan fingerprint density at radius 3 is 2.38 bits per heavy atom. The van der Waals surface area contributed by atoms with Crippen LogP contribution in [0.3, 0.4) is 0 Å². The Labute approximate surface area is 204 Å². The molecule has 1 aliphatic carbocycles. The van der Waals surface area contributed by atoms with E-state index in [9.17, 15) is 0 Å². The van der Waals surface area contributed by atoms with Gasteiger partial charge in [0.1, 0.15) is 0 Å². The van der Waals surface area contributed by atoms with Crippen molar-refractivity contribution in [2.75, 3.05) is 21.3 Å². The molecule has 9 nitrogen and oxygen atoms in total. The van der Waals surface area contributed by atoms with Crippen LogP contribution in [0.25, 0.3) is 11.4 Å². The largest absolute Gasteiger partial charge is 0.493 e. The number of hydrogen-bond donors (Lipinski definition) is 0. The van der Waals surface area contributed by atoms with E-state index in [4.69, 9.17) is 18.7 Å². The minimum absolute atomic E-state index is 0.0440. The molecule has 2 aromatic heterocycles. The molecule has 0 spiro atoms. The Morgan fingerprint density at radius 1 is 1.06 bits per heavy atom. The van der Waals surface area contributed by atoms with Crippen LogP contribution in [-0.4, -0.2) is 46.2 Å². The van der Waals surface area contributed by atoms with Crippen molar-refractivity contribution in [3.63, 3.8) is 0 Å². The van der Waals surface area contributed by atoms with E-state index in [1.165, 1.54) is 19.3 Å². The van der Waals surface area contributed by atoms with Gasteiger partial charge in [-0.1, -0.05) is 43.1 Å². The van der Waals surface area contributed by atoms with Crippen molar-refractivity contribution >= 4 is 11.8 Å². The Morgan fingerprint density at radius 2 is 1.76 bits per heavy atom. The third-order valence-corrected chi connectivity index (χ3v) is 7.16. The molecular weight excluding hydrogens is 454 g/mol. The highest BCUT2D eigenvalue weighted by atomic mass is 32.2. The Balaban J connectivity index is 1.72. The zero-order chi connectivity index (χ0) is 24.1. The molecule has 0 N–H and O–H groups in total. The number of ether oxygens (including phenoxy) is 3. The van der Waals surface area contributed by atoms with Crippen LogP contribution in [-0.2, 0) is 6.42 Å². The van der Waals surface area contributed by atoms with Gasteiger partial charge >= 0.3 is 0 Å². The predicted molar refractivity (Wildman–Crippen MR) is 130 cm³/mol. The fourth-order valence-electron chi connectivity index (χ4n) is 4.40. The van der Waals surface area contributed by atoms with Gasteiger partial charge in [0.15, 0.2) is 28.3 Å². The van der Waals surface area contributed by atoms with Crippen molar-refractivity contribution in [2.45, 2.75) is 75.2 Å². The number of benzene rings is 1. The van der Waals surface area contributed by atoms with E-state index in [1.54, 1.807) is 33.1 Å². The third-order valence-electron chi connectivity index (χ3n) is 6.11. The van der Waals surface area contributed by atoms with Gasteiger partial charge < -0.3 is 18.7 Å². The highest BCUT2D eigenvalue weighted by Gasteiger charge is 2.28. The second-order valence-corrected chi connectivity index (χ2v) is 9.75. The molecular formula is C24H33N5O4S. The summed E-state index contributed by atoms with van der Waals surface area (Å²) >= 11 is 1.60. The second-order valence-electron chi connectivity index (χ2n) is 8.44. The first-order valence-corrected chi connectivity index (χ1v) is 12.7. The van der Waals surface area contributed by atoms with Crippen molar-refractivity contribution in [3.05, 3.63) is 23.8 Å². The summed E-state index contributed by atoms with van der Waals surface area (Å²) in [5.41, 5.74) is 0.870. The van der Waals surface area contributed by atoms with Crippen molar-refractivity contribution < 1.29 is 18.7 Å². The summed E-state index contributed by atoms with van der Waals surface area (Å²) in [5, 5.41) is 14.1. The molecule has 0 radical (unpaired) electrons. The van der Waals surface area contributed by atoms with Crippen LogP contribution >= 0.6 is 11.8 Å². The van der Waals surface area contributed by atoms with E-state index in [-0.39, 0.29) is 5.25 Å². The normalized spacial score (nSPS) is 15.3. The second kappa shape index (κ2) is 11.1. The van der Waals surface area contributed by atoms with E-state index in [0.717, 1.165) is 48.1 Å². The number of rotatable bonds is 10. The first-order chi connectivity index (χ1) is 16.6. The summed E-state index contributed by atoms with van der Waals surface area (Å²) in [6.45, 7) is 4.17. The number of aromatic nitrogens is 5. The Bertz CT molecular complexity index is 1070. The molecule has 0 saturated heterocycles. The molecule has 4 rings (SSSR count). The summed E-state index contributed by atoms with van der Waals surface area (Å²) < 4.78 is 24.5. The lowest BCUT2D eigenvalue weighted by Gasteiger charge is -2.26.